The van der Waals surface area contributed by atoms with Gasteiger partial charge in [-0.3, -0.25) is 0 Å². The van der Waals surface area contributed by atoms with Crippen LogP contribution < -0.4 is 14.8 Å². The van der Waals surface area contributed by atoms with Crippen molar-refractivity contribution in [3.63, 3.8) is 0 Å². The molecule has 2 aromatic rings. The number of nitrogens with one attached hydrogen (secondary N) is 1. The van der Waals surface area contributed by atoms with Crippen LogP contribution in [0.15, 0.2) is 78.8 Å². The lowest BCUT2D eigenvalue weighted by molar-refractivity contribution is 0.363. The largest absolute Gasteiger partial charge is 0.490 e. The Bertz CT molecular complexity index is 689. The third-order valence-electron chi connectivity index (χ3n) is 3.05. The van der Waals surface area contributed by atoms with E-state index in [1.54, 1.807) is 12.2 Å². The lowest BCUT2D eigenvalue weighted by Crippen LogP contribution is -2.06. The molecule has 2 aromatic carbocycles. The van der Waals surface area contributed by atoms with Crippen molar-refractivity contribution in [3.8, 4) is 11.5 Å². The van der Waals surface area contributed by atoms with E-state index in [1.807, 2.05) is 55.5 Å². The second kappa shape index (κ2) is 9.20. The Kier molecular flexibility index (Phi) is 6.65. The minimum Gasteiger partial charge on any atom is -0.490 e. The van der Waals surface area contributed by atoms with Crippen LogP contribution in [-0.4, -0.2) is 19.0 Å². The third-order valence-corrected chi connectivity index (χ3v) is 3.05. The Balaban J connectivity index is 1.95. The first-order chi connectivity index (χ1) is 11.7. The quantitative estimate of drug-likeness (QED) is 0.423. The lowest BCUT2D eigenvalue weighted by atomic mass is 10.3. The second-order valence-electron chi connectivity index (χ2n) is 5.04. The van der Waals surface area contributed by atoms with Gasteiger partial charge in [-0.1, -0.05) is 25.3 Å². The summed E-state index contributed by atoms with van der Waals surface area (Å²) in [6, 6.07) is 15.3. The lowest BCUT2D eigenvalue weighted by Gasteiger charge is -2.08. The number of nitrogens with zero attached hydrogens (tertiary/aromatic N) is 1. The van der Waals surface area contributed by atoms with Gasteiger partial charge in [-0.15, -0.1) is 0 Å². The molecule has 0 saturated carbocycles. The molecule has 4 heteroatoms. The molecule has 0 aliphatic rings. The van der Waals surface area contributed by atoms with E-state index in [9.17, 15) is 0 Å². The van der Waals surface area contributed by atoms with Gasteiger partial charge in [0.15, 0.2) is 0 Å². The number of hydrogen-bond donors (Lipinski definition) is 1. The zero-order valence-electron chi connectivity index (χ0n) is 13.9. The minimum absolute atomic E-state index is 0.496. The van der Waals surface area contributed by atoms with Crippen LogP contribution in [-0.2, 0) is 0 Å². The monoisotopic (exact) mass is 322 g/mol. The maximum absolute atomic E-state index is 5.46. The highest BCUT2D eigenvalue weighted by Crippen LogP contribution is 2.19. The van der Waals surface area contributed by atoms with Gasteiger partial charge in [0, 0.05) is 5.69 Å². The summed E-state index contributed by atoms with van der Waals surface area (Å²) in [4.78, 5) is 4.53. The maximum atomic E-state index is 5.46. The molecule has 0 saturated heterocycles. The second-order valence-corrected chi connectivity index (χ2v) is 5.04. The predicted molar refractivity (Wildman–Crippen MR) is 101 cm³/mol. The molecule has 0 radical (unpaired) electrons. The maximum Gasteiger partial charge on any atom is 0.119 e. The molecule has 0 aliphatic carbocycles. The summed E-state index contributed by atoms with van der Waals surface area (Å²) in [6.07, 6.45) is 3.44. The first-order valence-corrected chi connectivity index (χ1v) is 7.71. The molecule has 0 unspecified atom stereocenters. The Morgan fingerprint density at radius 1 is 0.917 bits per heavy atom. The fourth-order valence-corrected chi connectivity index (χ4v) is 1.99. The van der Waals surface area contributed by atoms with Crippen LogP contribution in [0.25, 0.3) is 0 Å². The van der Waals surface area contributed by atoms with Gasteiger partial charge in [0.2, 0.25) is 0 Å². The van der Waals surface area contributed by atoms with E-state index >= 15 is 0 Å². The summed E-state index contributed by atoms with van der Waals surface area (Å²) in [5.74, 6) is 2.41. The minimum atomic E-state index is 0.496. The Labute approximate surface area is 143 Å². The van der Waals surface area contributed by atoms with Crippen molar-refractivity contribution in [3.05, 3.63) is 73.8 Å². The van der Waals surface area contributed by atoms with E-state index < -0.39 is 0 Å². The van der Waals surface area contributed by atoms with E-state index in [2.05, 4.69) is 23.5 Å². The summed E-state index contributed by atoms with van der Waals surface area (Å²) in [7, 11) is 0. The molecule has 0 atom stereocenters. The summed E-state index contributed by atoms with van der Waals surface area (Å²) < 4.78 is 10.9. The van der Waals surface area contributed by atoms with Crippen molar-refractivity contribution < 1.29 is 9.47 Å². The van der Waals surface area contributed by atoms with E-state index in [4.69, 9.17) is 9.47 Å². The van der Waals surface area contributed by atoms with Crippen LogP contribution in [0.5, 0.6) is 11.5 Å². The van der Waals surface area contributed by atoms with Crippen LogP contribution in [0.1, 0.15) is 6.92 Å². The molecule has 0 amide bonds. The van der Waals surface area contributed by atoms with Crippen LogP contribution in [0.4, 0.5) is 11.4 Å². The molecular formula is C20H22N2O2. The van der Waals surface area contributed by atoms with Gasteiger partial charge in [-0.05, 0) is 55.5 Å². The van der Waals surface area contributed by atoms with Crippen molar-refractivity contribution in [1.82, 2.24) is 0 Å². The Morgan fingerprint density at radius 2 is 1.42 bits per heavy atom. The normalized spacial score (nSPS) is 10.8. The molecule has 0 heterocycles. The summed E-state index contributed by atoms with van der Waals surface area (Å²) in [5.41, 5.74) is 1.81. The van der Waals surface area contributed by atoms with Crippen LogP contribution in [0, 0.1) is 0 Å². The summed E-state index contributed by atoms with van der Waals surface area (Å²) in [6.45, 7) is 10.2. The van der Waals surface area contributed by atoms with Gasteiger partial charge in [0.25, 0.3) is 0 Å². The number of anilines is 1. The standard InChI is InChI=1S/C20H22N2O2/c1-4-14-23-19-10-6-17(7-11-19)21-16(3)22-18-8-12-20(13-9-18)24-15-5-2/h4-13H,1-2,14-15H2,3H3,(H,21,22). The van der Waals surface area contributed by atoms with Gasteiger partial charge < -0.3 is 14.8 Å². The Hall–Kier alpha value is -3.01. The predicted octanol–water partition coefficient (Wildman–Crippen LogP) is 4.98. The van der Waals surface area contributed by atoms with Gasteiger partial charge in [-0.2, -0.15) is 0 Å². The first kappa shape index (κ1) is 17.3. The van der Waals surface area contributed by atoms with Gasteiger partial charge in [0.1, 0.15) is 30.5 Å². The zero-order valence-corrected chi connectivity index (χ0v) is 13.9. The molecule has 0 aliphatic heterocycles. The molecule has 0 spiro atoms. The summed E-state index contributed by atoms with van der Waals surface area (Å²) in [5, 5.41) is 3.25. The van der Waals surface area contributed by atoms with Gasteiger partial charge in [-0.25, -0.2) is 4.99 Å². The van der Waals surface area contributed by atoms with Crippen LogP contribution in [0.2, 0.25) is 0 Å². The average molecular weight is 322 g/mol. The van der Waals surface area contributed by atoms with Gasteiger partial charge in [0.05, 0.1) is 5.69 Å². The molecule has 1 N–H and O–H groups in total. The number of aliphatic imine (C=N–C) groups is 1. The highest BCUT2D eigenvalue weighted by atomic mass is 16.5. The number of ether oxygens (including phenoxy) is 2. The van der Waals surface area contributed by atoms with Crippen molar-refractivity contribution in [2.24, 2.45) is 4.99 Å². The number of rotatable bonds is 8. The molecule has 4 nitrogen and oxygen atoms in total. The van der Waals surface area contributed by atoms with E-state index in [0.717, 1.165) is 28.7 Å². The van der Waals surface area contributed by atoms with E-state index in [-0.39, 0.29) is 0 Å². The molecule has 0 bridgehead atoms. The van der Waals surface area contributed by atoms with Crippen LogP contribution >= 0.6 is 0 Å². The molecule has 0 fully saturated rings. The van der Waals surface area contributed by atoms with Crippen molar-refractivity contribution >= 4 is 17.2 Å². The van der Waals surface area contributed by atoms with Crippen molar-refractivity contribution in [2.45, 2.75) is 6.92 Å². The first-order valence-electron chi connectivity index (χ1n) is 7.71. The molecular weight excluding hydrogens is 300 g/mol. The van der Waals surface area contributed by atoms with Crippen molar-refractivity contribution in [2.75, 3.05) is 18.5 Å². The molecule has 124 valence electrons. The zero-order chi connectivity index (χ0) is 17.2. The molecule has 2 rings (SSSR count). The van der Waals surface area contributed by atoms with E-state index in [0.29, 0.717) is 13.2 Å². The van der Waals surface area contributed by atoms with Gasteiger partial charge >= 0.3 is 0 Å². The smallest absolute Gasteiger partial charge is 0.119 e. The fourth-order valence-electron chi connectivity index (χ4n) is 1.99. The highest BCUT2D eigenvalue weighted by Gasteiger charge is 1.98. The SMILES string of the molecule is C=CCOc1ccc(N=C(C)Nc2ccc(OCC=C)cc2)cc1. The number of amidine groups is 1. The van der Waals surface area contributed by atoms with E-state index in [1.165, 1.54) is 0 Å². The third kappa shape index (κ3) is 5.65. The van der Waals surface area contributed by atoms with Crippen LogP contribution in [0.3, 0.4) is 0 Å². The highest BCUT2D eigenvalue weighted by molar-refractivity contribution is 5.95. The Morgan fingerprint density at radius 3 is 1.92 bits per heavy atom. The summed E-state index contributed by atoms with van der Waals surface area (Å²) >= 11 is 0. The fraction of sp³-hybridized carbons (Fsp3) is 0.150. The number of hydrogen-bond acceptors (Lipinski definition) is 3. The van der Waals surface area contributed by atoms with Crippen molar-refractivity contribution in [1.29, 1.82) is 0 Å². The molecule has 0 aromatic heterocycles. The topological polar surface area (TPSA) is 42.8 Å². The average Bonchev–Trinajstić information content (AvgIpc) is 2.60. The number of benzene rings is 2. The molecule has 24 heavy (non-hydrogen) atoms.